The van der Waals surface area contributed by atoms with E-state index in [4.69, 9.17) is 35.6 Å². The molecule has 0 radical (unpaired) electrons. The van der Waals surface area contributed by atoms with Crippen LogP contribution in [0.2, 0.25) is 5.02 Å². The summed E-state index contributed by atoms with van der Waals surface area (Å²) < 4.78 is 68.6. The first-order valence-electron chi connectivity index (χ1n) is 13.9. The van der Waals surface area contributed by atoms with Gasteiger partial charge in [0.05, 0.1) is 27.1 Å². The lowest BCUT2D eigenvalue weighted by Crippen LogP contribution is -2.42. The van der Waals surface area contributed by atoms with Crippen LogP contribution in [0.15, 0.2) is 59.5 Å². The first kappa shape index (κ1) is 29.0. The number of pyridine rings is 1. The minimum Gasteiger partial charge on any atom is -0.452 e. The maximum Gasteiger partial charge on any atom is 0.311 e. The number of aromatic nitrogens is 3. The van der Waals surface area contributed by atoms with Crippen LogP contribution in [0.3, 0.4) is 0 Å². The summed E-state index contributed by atoms with van der Waals surface area (Å²) >= 11 is 6.69. The second kappa shape index (κ2) is 11.2. The van der Waals surface area contributed by atoms with Crippen molar-refractivity contribution in [1.29, 1.82) is 4.78 Å². The SMILES string of the molecule is CC[C@H]1OC[C@@H](Oc2nc3cc(Cl)c(-c4ccc(-c5ccc(S(C)(=N)=O)cc5)cc4)nc3n2C2CCCCO2)C1(F)F. The minimum atomic E-state index is -3.17. The predicted molar refractivity (Wildman–Crippen MR) is 157 cm³/mol. The first-order valence-corrected chi connectivity index (χ1v) is 16.2. The number of halogens is 3. The lowest BCUT2D eigenvalue weighted by Gasteiger charge is -2.27. The second-order valence-electron chi connectivity index (χ2n) is 10.7. The van der Waals surface area contributed by atoms with E-state index < -0.39 is 34.1 Å². The van der Waals surface area contributed by atoms with E-state index in [0.717, 1.165) is 29.5 Å². The van der Waals surface area contributed by atoms with E-state index in [1.807, 2.05) is 36.4 Å². The van der Waals surface area contributed by atoms with Gasteiger partial charge in [0.15, 0.2) is 11.8 Å². The van der Waals surface area contributed by atoms with E-state index in [1.54, 1.807) is 29.7 Å². The summed E-state index contributed by atoms with van der Waals surface area (Å²) in [6.07, 6.45) is 0.885. The summed E-state index contributed by atoms with van der Waals surface area (Å²) in [4.78, 5) is 9.87. The number of benzene rings is 2. The highest BCUT2D eigenvalue weighted by Gasteiger charge is 2.55. The molecule has 2 aromatic carbocycles. The van der Waals surface area contributed by atoms with Crippen molar-refractivity contribution >= 4 is 32.5 Å². The molecule has 42 heavy (non-hydrogen) atoms. The molecule has 0 amide bonds. The summed E-state index contributed by atoms with van der Waals surface area (Å²) in [5, 5.41) is 0.356. The van der Waals surface area contributed by atoms with Gasteiger partial charge >= 0.3 is 11.9 Å². The normalized spacial score (nSPS) is 23.6. The van der Waals surface area contributed by atoms with Crippen molar-refractivity contribution in [3.8, 4) is 28.4 Å². The fourth-order valence-corrected chi connectivity index (χ4v) is 6.35. The molecule has 2 saturated heterocycles. The van der Waals surface area contributed by atoms with Gasteiger partial charge in [0.2, 0.25) is 0 Å². The first-order chi connectivity index (χ1) is 20.1. The molecule has 2 fully saturated rings. The van der Waals surface area contributed by atoms with Crippen LogP contribution in [0.4, 0.5) is 8.78 Å². The van der Waals surface area contributed by atoms with Gasteiger partial charge in [-0.3, -0.25) is 4.57 Å². The van der Waals surface area contributed by atoms with Crippen molar-refractivity contribution in [1.82, 2.24) is 14.5 Å². The van der Waals surface area contributed by atoms with Crippen LogP contribution in [0.25, 0.3) is 33.5 Å². The van der Waals surface area contributed by atoms with Gasteiger partial charge in [-0.25, -0.2) is 14.0 Å². The maximum atomic E-state index is 15.0. The van der Waals surface area contributed by atoms with Crippen molar-refractivity contribution in [3.05, 3.63) is 59.6 Å². The fourth-order valence-electron chi connectivity index (χ4n) is 5.44. The Morgan fingerprint density at radius 2 is 1.74 bits per heavy atom. The van der Waals surface area contributed by atoms with Gasteiger partial charge in [0, 0.05) is 23.3 Å². The summed E-state index contributed by atoms with van der Waals surface area (Å²) in [6.45, 7) is 1.95. The van der Waals surface area contributed by atoms with Crippen LogP contribution in [0.1, 0.15) is 38.8 Å². The van der Waals surface area contributed by atoms with Gasteiger partial charge in [-0.2, -0.15) is 13.8 Å². The van der Waals surface area contributed by atoms with Crippen molar-refractivity contribution in [3.63, 3.8) is 0 Å². The van der Waals surface area contributed by atoms with Crippen LogP contribution in [-0.4, -0.2) is 56.3 Å². The van der Waals surface area contributed by atoms with Gasteiger partial charge in [-0.1, -0.05) is 54.9 Å². The Labute approximate surface area is 247 Å². The Morgan fingerprint density at radius 1 is 1.07 bits per heavy atom. The highest BCUT2D eigenvalue weighted by atomic mass is 35.5. The molecule has 0 aliphatic carbocycles. The zero-order valence-electron chi connectivity index (χ0n) is 23.2. The number of fused-ring (bicyclic) bond motifs is 1. The number of nitrogens with zero attached hydrogens (tertiary/aromatic N) is 3. The monoisotopic (exact) mass is 616 g/mol. The zero-order valence-corrected chi connectivity index (χ0v) is 24.8. The van der Waals surface area contributed by atoms with Gasteiger partial charge in [0.1, 0.15) is 17.8 Å². The molecule has 0 bridgehead atoms. The number of ether oxygens (including phenoxy) is 3. The zero-order chi connectivity index (χ0) is 29.6. The number of rotatable bonds is 7. The molecule has 2 aliphatic heterocycles. The van der Waals surface area contributed by atoms with Crippen molar-refractivity contribution in [2.45, 2.75) is 61.9 Å². The largest absolute Gasteiger partial charge is 0.452 e. The number of hydrogen-bond donors (Lipinski definition) is 1. The maximum absolute atomic E-state index is 15.0. The third kappa shape index (κ3) is 5.39. The number of hydrogen-bond acceptors (Lipinski definition) is 7. The van der Waals surface area contributed by atoms with E-state index in [0.29, 0.717) is 39.8 Å². The summed E-state index contributed by atoms with van der Waals surface area (Å²) in [7, 11) is -2.79. The molecular weight excluding hydrogens is 586 g/mol. The molecule has 8 nitrogen and oxygen atoms in total. The average Bonchev–Trinajstić information content (AvgIpc) is 3.47. The summed E-state index contributed by atoms with van der Waals surface area (Å²) in [5.41, 5.74) is 3.96. The molecule has 2 aromatic heterocycles. The van der Waals surface area contributed by atoms with Gasteiger partial charge in [0.25, 0.3) is 0 Å². The van der Waals surface area contributed by atoms with Gasteiger partial charge < -0.3 is 14.2 Å². The van der Waals surface area contributed by atoms with Gasteiger partial charge in [-0.05, 0) is 55.0 Å². The molecule has 2 unspecified atom stereocenters. The number of alkyl halides is 2. The standard InChI is InChI=1S/C30H31ClF2N4O4S/c1-3-24-30(32,33)25(17-40-24)41-29-35-23-16-22(31)27(36-28(23)37(29)26-6-4-5-15-39-26)20-9-7-18(8-10-20)19-11-13-21(14-12-19)42(2,34)38/h7-14,16,24-26,34H,3-6,15,17H2,1-2H3/t24-,25-,26?,42?/m1/s1. The highest BCUT2D eigenvalue weighted by molar-refractivity contribution is 7.91. The van der Waals surface area contributed by atoms with Crippen LogP contribution < -0.4 is 4.74 Å². The number of imidazole rings is 1. The fraction of sp³-hybridized carbons (Fsp3) is 0.400. The van der Waals surface area contributed by atoms with Crippen molar-refractivity contribution in [2.24, 2.45) is 0 Å². The molecule has 12 heteroatoms. The predicted octanol–water partition coefficient (Wildman–Crippen LogP) is 7.34. The third-order valence-corrected chi connectivity index (χ3v) is 9.21. The Morgan fingerprint density at radius 3 is 2.33 bits per heavy atom. The molecule has 0 saturated carbocycles. The Hall–Kier alpha value is -3.12. The second-order valence-corrected chi connectivity index (χ2v) is 13.3. The smallest absolute Gasteiger partial charge is 0.311 e. The highest BCUT2D eigenvalue weighted by Crippen LogP contribution is 2.40. The van der Waals surface area contributed by atoms with E-state index in [-0.39, 0.29) is 19.0 Å². The molecule has 222 valence electrons. The van der Waals surface area contributed by atoms with Crippen molar-refractivity contribution < 1.29 is 27.2 Å². The minimum absolute atomic E-state index is 0.00475. The average molecular weight is 617 g/mol. The van der Waals surface area contributed by atoms with Crippen molar-refractivity contribution in [2.75, 3.05) is 19.5 Å². The summed E-state index contributed by atoms with van der Waals surface area (Å²) in [5.74, 6) is -3.17. The van der Waals surface area contributed by atoms with E-state index in [9.17, 15) is 13.0 Å². The number of nitrogens with one attached hydrogen (secondary N) is 1. The van der Waals surface area contributed by atoms with E-state index in [1.165, 1.54) is 6.26 Å². The molecule has 6 rings (SSSR count). The van der Waals surface area contributed by atoms with Crippen LogP contribution in [-0.2, 0) is 19.2 Å². The molecule has 4 heterocycles. The van der Waals surface area contributed by atoms with E-state index >= 15 is 0 Å². The Bertz CT molecular complexity index is 1710. The van der Waals surface area contributed by atoms with Crippen LogP contribution >= 0.6 is 11.6 Å². The Kier molecular flexibility index (Phi) is 7.71. The van der Waals surface area contributed by atoms with Crippen LogP contribution in [0, 0.1) is 4.78 Å². The van der Waals surface area contributed by atoms with E-state index in [2.05, 4.69) is 4.98 Å². The quantitative estimate of drug-likeness (QED) is 0.233. The summed E-state index contributed by atoms with van der Waals surface area (Å²) in [6, 6.07) is 16.4. The Balaban J connectivity index is 1.36. The molecule has 4 aromatic rings. The lowest BCUT2D eigenvalue weighted by atomic mass is 10.0. The topological polar surface area (TPSA) is 99.3 Å². The lowest BCUT2D eigenvalue weighted by molar-refractivity contribution is -0.109. The molecular formula is C30H31ClF2N4O4S. The third-order valence-electron chi connectivity index (χ3n) is 7.75. The molecule has 4 atom stereocenters. The van der Waals surface area contributed by atoms with Gasteiger partial charge in [-0.15, -0.1) is 0 Å². The molecule has 1 N–H and O–H groups in total. The molecule has 2 aliphatic rings. The molecule has 0 spiro atoms. The van der Waals surface area contributed by atoms with Crippen LogP contribution in [0.5, 0.6) is 6.01 Å².